The number of esters is 1. The molecule has 0 aliphatic carbocycles. The zero-order valence-corrected chi connectivity index (χ0v) is 15.6. The molecule has 2 aromatic rings. The first-order valence-electron chi connectivity index (χ1n) is 8.90. The minimum absolute atomic E-state index is 0.0231. The Hall–Kier alpha value is -2.47. The average molecular weight is 370 g/mol. The van der Waals surface area contributed by atoms with Gasteiger partial charge in [-0.15, -0.1) is 0 Å². The van der Waals surface area contributed by atoms with Crippen LogP contribution in [0.15, 0.2) is 72.3 Å². The number of benzene rings is 2. The highest BCUT2D eigenvalue weighted by atomic mass is 16.7. The summed E-state index contributed by atoms with van der Waals surface area (Å²) in [4.78, 5) is 12.1. The zero-order chi connectivity index (χ0) is 19.9. The lowest BCUT2D eigenvalue weighted by atomic mass is 9.81. The van der Waals surface area contributed by atoms with Crippen molar-refractivity contribution < 1.29 is 24.9 Å². The number of hydrogen-bond donors (Lipinski definition) is 3. The quantitative estimate of drug-likeness (QED) is 0.378. The van der Waals surface area contributed by atoms with Gasteiger partial charge in [0.2, 0.25) is 0 Å². The molecule has 0 saturated heterocycles. The van der Waals surface area contributed by atoms with E-state index in [4.69, 9.17) is 20.1 Å². The van der Waals surface area contributed by atoms with E-state index >= 15 is 0 Å². The molecule has 0 saturated carbocycles. The minimum atomic E-state index is -2.84. The number of aliphatic hydroxyl groups is 3. The van der Waals surface area contributed by atoms with Crippen molar-refractivity contribution in [2.45, 2.75) is 32.2 Å². The highest BCUT2D eigenvalue weighted by Crippen LogP contribution is 2.33. The third kappa shape index (κ3) is 6.64. The van der Waals surface area contributed by atoms with Crippen LogP contribution in [0.2, 0.25) is 0 Å². The van der Waals surface area contributed by atoms with Crippen LogP contribution >= 0.6 is 0 Å². The fraction of sp³-hybridized carbons (Fsp3) is 0.318. The molecule has 5 heteroatoms. The number of carbonyl (C=O) groups is 1. The van der Waals surface area contributed by atoms with Crippen LogP contribution < -0.4 is 0 Å². The summed E-state index contributed by atoms with van der Waals surface area (Å²) < 4.78 is 4.98. The number of rotatable bonds is 8. The van der Waals surface area contributed by atoms with Crippen molar-refractivity contribution in [1.82, 2.24) is 0 Å². The Balaban J connectivity index is 2.16. The molecule has 0 amide bonds. The molecule has 5 nitrogen and oxygen atoms in total. The van der Waals surface area contributed by atoms with Crippen LogP contribution in [0.3, 0.4) is 0 Å². The molecule has 0 aliphatic rings. The Morgan fingerprint density at radius 1 is 1.00 bits per heavy atom. The van der Waals surface area contributed by atoms with Gasteiger partial charge in [0.05, 0.1) is 13.0 Å². The second-order valence-corrected chi connectivity index (χ2v) is 6.67. The van der Waals surface area contributed by atoms with Crippen LogP contribution in [-0.2, 0) is 9.53 Å². The Morgan fingerprint density at radius 3 is 1.93 bits per heavy atom. The molecular weight excluding hydrogens is 344 g/mol. The molecule has 0 aliphatic heterocycles. The van der Waals surface area contributed by atoms with Crippen LogP contribution in [0.25, 0.3) is 0 Å². The third-order valence-electron chi connectivity index (χ3n) is 4.35. The van der Waals surface area contributed by atoms with Gasteiger partial charge in [0.25, 0.3) is 5.97 Å². The van der Waals surface area contributed by atoms with Crippen LogP contribution in [0.4, 0.5) is 0 Å². The summed E-state index contributed by atoms with van der Waals surface area (Å²) in [6.45, 7) is 3.42. The van der Waals surface area contributed by atoms with E-state index in [1.807, 2.05) is 49.4 Å². The van der Waals surface area contributed by atoms with Gasteiger partial charge in [-0.05, 0) is 24.0 Å². The van der Waals surface area contributed by atoms with E-state index in [-0.39, 0.29) is 18.4 Å². The predicted octanol–water partition coefficient (Wildman–Crippen LogP) is 2.96. The second-order valence-electron chi connectivity index (χ2n) is 6.67. The van der Waals surface area contributed by atoms with Crippen molar-refractivity contribution in [2.75, 3.05) is 6.61 Å². The highest BCUT2D eigenvalue weighted by molar-refractivity contribution is 5.87. The lowest BCUT2D eigenvalue weighted by Crippen LogP contribution is -2.29. The van der Waals surface area contributed by atoms with Crippen molar-refractivity contribution >= 4 is 5.97 Å². The van der Waals surface area contributed by atoms with E-state index in [1.165, 1.54) is 0 Å². The van der Waals surface area contributed by atoms with E-state index in [1.54, 1.807) is 6.92 Å². The van der Waals surface area contributed by atoms with E-state index in [9.17, 15) is 4.79 Å². The Labute approximate surface area is 159 Å². The SMILES string of the molecule is CC(=CC(C)C(c1ccccc1)c1ccccc1)C(=O)OCCC(O)(O)O. The zero-order valence-electron chi connectivity index (χ0n) is 15.6. The largest absolute Gasteiger partial charge is 0.462 e. The summed E-state index contributed by atoms with van der Waals surface area (Å²) in [5.41, 5.74) is 2.73. The summed E-state index contributed by atoms with van der Waals surface area (Å²) in [5, 5.41) is 26.5. The molecule has 1 atom stereocenters. The van der Waals surface area contributed by atoms with Gasteiger partial charge < -0.3 is 20.1 Å². The van der Waals surface area contributed by atoms with Crippen LogP contribution in [0.5, 0.6) is 0 Å². The first kappa shape index (κ1) is 20.8. The molecule has 0 radical (unpaired) electrons. The summed E-state index contributed by atoms with van der Waals surface area (Å²) >= 11 is 0. The van der Waals surface area contributed by atoms with Crippen LogP contribution in [0.1, 0.15) is 37.3 Å². The standard InChI is InChI=1S/C22H26O5/c1-16(15-17(2)21(23)27-14-13-22(24,25)26)20(18-9-5-3-6-10-18)19-11-7-4-8-12-19/h3-12,15-16,20,24-26H,13-14H2,1-2H3. The minimum Gasteiger partial charge on any atom is -0.462 e. The average Bonchev–Trinajstić information content (AvgIpc) is 2.62. The van der Waals surface area contributed by atoms with E-state index in [0.29, 0.717) is 5.57 Å². The molecule has 2 aromatic carbocycles. The van der Waals surface area contributed by atoms with Crippen LogP contribution in [-0.4, -0.2) is 33.9 Å². The first-order valence-corrected chi connectivity index (χ1v) is 8.90. The molecule has 0 aromatic heterocycles. The van der Waals surface area contributed by atoms with Crippen molar-refractivity contribution in [2.24, 2.45) is 5.92 Å². The van der Waals surface area contributed by atoms with Gasteiger partial charge in [-0.3, -0.25) is 0 Å². The van der Waals surface area contributed by atoms with Gasteiger partial charge in [0, 0.05) is 11.5 Å². The van der Waals surface area contributed by atoms with E-state index in [0.717, 1.165) is 11.1 Å². The van der Waals surface area contributed by atoms with E-state index < -0.39 is 18.4 Å². The number of ether oxygens (including phenoxy) is 1. The summed E-state index contributed by atoms with van der Waals surface area (Å²) in [5.74, 6) is -3.28. The molecule has 1 unspecified atom stereocenters. The monoisotopic (exact) mass is 370 g/mol. The summed E-state index contributed by atoms with van der Waals surface area (Å²) in [7, 11) is 0. The molecule has 0 spiro atoms. The highest BCUT2D eigenvalue weighted by Gasteiger charge is 2.22. The maximum absolute atomic E-state index is 12.1. The lowest BCUT2D eigenvalue weighted by Gasteiger charge is -2.23. The normalized spacial score (nSPS) is 13.5. The number of allylic oxidation sites excluding steroid dienone is 1. The van der Waals surface area contributed by atoms with Crippen LogP contribution in [0, 0.1) is 5.92 Å². The summed E-state index contributed by atoms with van der Waals surface area (Å²) in [6.07, 6.45) is 1.38. The van der Waals surface area contributed by atoms with Crippen molar-refractivity contribution in [3.05, 3.63) is 83.4 Å². The van der Waals surface area contributed by atoms with Gasteiger partial charge in [-0.2, -0.15) is 0 Å². The van der Waals surface area contributed by atoms with Gasteiger partial charge in [0.1, 0.15) is 0 Å². The maximum atomic E-state index is 12.1. The predicted molar refractivity (Wildman–Crippen MR) is 103 cm³/mol. The molecule has 2 rings (SSSR count). The number of hydrogen-bond acceptors (Lipinski definition) is 5. The molecule has 27 heavy (non-hydrogen) atoms. The second kappa shape index (κ2) is 9.46. The fourth-order valence-corrected chi connectivity index (χ4v) is 3.07. The van der Waals surface area contributed by atoms with Crippen molar-refractivity contribution in [1.29, 1.82) is 0 Å². The van der Waals surface area contributed by atoms with Gasteiger partial charge in [-0.1, -0.05) is 73.7 Å². The molecule has 144 valence electrons. The maximum Gasteiger partial charge on any atom is 0.333 e. The lowest BCUT2D eigenvalue weighted by molar-refractivity contribution is -0.317. The van der Waals surface area contributed by atoms with Crippen molar-refractivity contribution in [3.8, 4) is 0 Å². The van der Waals surface area contributed by atoms with E-state index in [2.05, 4.69) is 24.3 Å². The Bertz CT molecular complexity index is 708. The topological polar surface area (TPSA) is 87.0 Å². The summed E-state index contributed by atoms with van der Waals surface area (Å²) in [6, 6.07) is 20.2. The third-order valence-corrected chi connectivity index (χ3v) is 4.35. The molecule has 0 bridgehead atoms. The molecule has 0 fully saturated rings. The Kier molecular flexibility index (Phi) is 7.30. The number of carbonyl (C=O) groups excluding carboxylic acids is 1. The molecule has 3 N–H and O–H groups in total. The first-order chi connectivity index (χ1) is 12.8. The molecule has 0 heterocycles. The fourth-order valence-electron chi connectivity index (χ4n) is 3.07. The van der Waals surface area contributed by atoms with Crippen molar-refractivity contribution in [3.63, 3.8) is 0 Å². The molecular formula is C22H26O5. The van der Waals surface area contributed by atoms with Gasteiger partial charge >= 0.3 is 5.97 Å². The van der Waals surface area contributed by atoms with Gasteiger partial charge in [0.15, 0.2) is 0 Å². The smallest absolute Gasteiger partial charge is 0.333 e. The Morgan fingerprint density at radius 2 is 1.48 bits per heavy atom. The van der Waals surface area contributed by atoms with Gasteiger partial charge in [-0.25, -0.2) is 4.79 Å².